The summed E-state index contributed by atoms with van der Waals surface area (Å²) in [6, 6.07) is 0. The maximum Gasteiger partial charge on any atom is 0.456 e. The third-order valence-corrected chi connectivity index (χ3v) is 9.44. The zero-order chi connectivity index (χ0) is 22.5. The van der Waals surface area contributed by atoms with E-state index >= 15 is 0 Å². The Balaban J connectivity index is 1.77. The molecule has 0 aliphatic heterocycles. The molecule has 30 heavy (non-hydrogen) atoms. The number of hydrogen-bond donors (Lipinski definition) is 1. The van der Waals surface area contributed by atoms with Crippen molar-refractivity contribution in [3.05, 3.63) is 22.8 Å². The predicted octanol–water partition coefficient (Wildman–Crippen LogP) is 6.04. The number of fused-ring (bicyclic) bond motifs is 5. The second kappa shape index (κ2) is 6.31. The van der Waals surface area contributed by atoms with Gasteiger partial charge in [-0.05, 0) is 67.4 Å². The number of allylic oxidation sites excluding steroid dienone is 4. The van der Waals surface area contributed by atoms with Crippen molar-refractivity contribution in [2.45, 2.75) is 70.6 Å². The molecule has 0 spiro atoms. The zero-order valence-corrected chi connectivity index (χ0v) is 17.9. The van der Waals surface area contributed by atoms with E-state index in [0.29, 0.717) is 12.8 Å². The molecule has 4 aliphatic rings. The topological polar surface area (TPSA) is 37.3 Å². The van der Waals surface area contributed by atoms with Crippen LogP contribution < -0.4 is 0 Å². The van der Waals surface area contributed by atoms with Crippen LogP contribution in [0.4, 0.5) is 22.0 Å². The Labute approximate surface area is 177 Å². The molecule has 3 fully saturated rings. The SMILES string of the molecule is C[C@H]1CC2=C(Cl)C(=O)C=C[C@]2(C)C2CC[C@@]3(C)C(CC[C@]3(O)C(F)(F)C(F)(F)F)C21. The highest BCUT2D eigenvalue weighted by Crippen LogP contribution is 2.71. The van der Waals surface area contributed by atoms with Crippen LogP contribution in [0.15, 0.2) is 22.8 Å². The fraction of sp³-hybridized carbons (Fsp3) is 0.773. The molecule has 4 aliphatic carbocycles. The summed E-state index contributed by atoms with van der Waals surface area (Å²) in [7, 11) is 0. The predicted molar refractivity (Wildman–Crippen MR) is 102 cm³/mol. The van der Waals surface area contributed by atoms with Crippen molar-refractivity contribution in [3.63, 3.8) is 0 Å². The number of rotatable bonds is 1. The summed E-state index contributed by atoms with van der Waals surface area (Å²) in [6.07, 6.45) is -2.05. The summed E-state index contributed by atoms with van der Waals surface area (Å²) >= 11 is 6.34. The molecule has 2 nitrogen and oxygen atoms in total. The molecule has 3 unspecified atom stereocenters. The van der Waals surface area contributed by atoms with E-state index in [-0.39, 0.29) is 41.4 Å². The van der Waals surface area contributed by atoms with Gasteiger partial charge in [0.25, 0.3) is 0 Å². The Morgan fingerprint density at radius 3 is 2.30 bits per heavy atom. The van der Waals surface area contributed by atoms with Crippen LogP contribution in [0.2, 0.25) is 0 Å². The van der Waals surface area contributed by atoms with Gasteiger partial charge < -0.3 is 5.11 Å². The summed E-state index contributed by atoms with van der Waals surface area (Å²) < 4.78 is 68.9. The number of halogens is 6. The van der Waals surface area contributed by atoms with Crippen LogP contribution >= 0.6 is 11.6 Å². The van der Waals surface area contributed by atoms with Crippen LogP contribution in [-0.4, -0.2) is 28.6 Å². The van der Waals surface area contributed by atoms with Gasteiger partial charge in [-0.25, -0.2) is 0 Å². The van der Waals surface area contributed by atoms with E-state index < -0.39 is 40.9 Å². The van der Waals surface area contributed by atoms with Gasteiger partial charge in [-0.15, -0.1) is 0 Å². The summed E-state index contributed by atoms with van der Waals surface area (Å²) in [5, 5.41) is 11.1. The molecule has 0 aromatic heterocycles. The Hall–Kier alpha value is -0.950. The minimum Gasteiger partial charge on any atom is -0.383 e. The molecule has 0 aromatic rings. The van der Waals surface area contributed by atoms with Crippen molar-refractivity contribution in [2.75, 3.05) is 0 Å². The Morgan fingerprint density at radius 1 is 1.10 bits per heavy atom. The van der Waals surface area contributed by atoms with Gasteiger partial charge in [0.05, 0.1) is 5.03 Å². The zero-order valence-electron chi connectivity index (χ0n) is 17.1. The third-order valence-electron chi connectivity index (χ3n) is 9.03. The molecule has 3 saturated carbocycles. The highest BCUT2D eigenvalue weighted by molar-refractivity contribution is 6.45. The van der Waals surface area contributed by atoms with Gasteiger partial charge in [0, 0.05) is 10.8 Å². The van der Waals surface area contributed by atoms with Gasteiger partial charge >= 0.3 is 12.1 Å². The van der Waals surface area contributed by atoms with Crippen LogP contribution in [0.1, 0.15) is 52.9 Å². The normalized spacial score (nSPS) is 46.5. The number of aliphatic hydroxyl groups is 1. The minimum atomic E-state index is -5.81. The molecule has 0 saturated heterocycles. The number of alkyl halides is 5. The lowest BCUT2D eigenvalue weighted by Crippen LogP contribution is -2.66. The quantitative estimate of drug-likeness (QED) is 0.493. The number of hydrogen-bond acceptors (Lipinski definition) is 2. The molecule has 4 rings (SSSR count). The molecular weight excluding hydrogens is 427 g/mol. The fourth-order valence-electron chi connectivity index (χ4n) is 7.38. The Morgan fingerprint density at radius 2 is 1.70 bits per heavy atom. The lowest BCUT2D eigenvalue weighted by atomic mass is 9.45. The molecular formula is C22H26ClF5O2. The highest BCUT2D eigenvalue weighted by atomic mass is 35.5. The third kappa shape index (κ3) is 2.48. The minimum absolute atomic E-state index is 0.0331. The number of carbonyl (C=O) groups excluding carboxylic acids is 1. The van der Waals surface area contributed by atoms with Crippen molar-refractivity contribution in [2.24, 2.45) is 34.5 Å². The number of carbonyl (C=O) groups is 1. The first kappa shape index (κ1) is 22.3. The first-order valence-electron chi connectivity index (χ1n) is 10.4. The smallest absolute Gasteiger partial charge is 0.383 e. The van der Waals surface area contributed by atoms with E-state index in [1.165, 1.54) is 13.0 Å². The van der Waals surface area contributed by atoms with Gasteiger partial charge in [-0.3, -0.25) is 4.79 Å². The average molecular weight is 453 g/mol. The fourth-order valence-corrected chi connectivity index (χ4v) is 7.72. The Bertz CT molecular complexity index is 849. The van der Waals surface area contributed by atoms with Crippen LogP contribution in [0, 0.1) is 34.5 Å². The van der Waals surface area contributed by atoms with Crippen molar-refractivity contribution >= 4 is 17.4 Å². The van der Waals surface area contributed by atoms with E-state index in [1.54, 1.807) is 0 Å². The molecule has 168 valence electrons. The average Bonchev–Trinajstić information content (AvgIpc) is 2.92. The second-order valence-corrected chi connectivity index (χ2v) is 10.5. The lowest BCUT2D eigenvalue weighted by molar-refractivity contribution is -0.364. The first-order chi connectivity index (χ1) is 13.6. The summed E-state index contributed by atoms with van der Waals surface area (Å²) in [5.74, 6) is -6.11. The summed E-state index contributed by atoms with van der Waals surface area (Å²) in [4.78, 5) is 12.1. The van der Waals surface area contributed by atoms with Crippen molar-refractivity contribution in [1.29, 1.82) is 0 Å². The molecule has 0 heterocycles. The van der Waals surface area contributed by atoms with Crippen molar-refractivity contribution in [3.8, 4) is 0 Å². The highest BCUT2D eigenvalue weighted by Gasteiger charge is 2.79. The first-order valence-corrected chi connectivity index (χ1v) is 10.8. The van der Waals surface area contributed by atoms with Gasteiger partial charge in [0.15, 0.2) is 5.78 Å². The van der Waals surface area contributed by atoms with Gasteiger partial charge in [-0.1, -0.05) is 38.4 Å². The molecule has 0 bridgehead atoms. The Kier molecular flexibility index (Phi) is 4.68. The second-order valence-electron chi connectivity index (χ2n) is 10.2. The monoisotopic (exact) mass is 452 g/mol. The summed E-state index contributed by atoms with van der Waals surface area (Å²) in [5.41, 5.74) is -4.36. The van der Waals surface area contributed by atoms with Crippen LogP contribution in [0.5, 0.6) is 0 Å². The maximum absolute atomic E-state index is 14.5. The van der Waals surface area contributed by atoms with E-state index in [4.69, 9.17) is 11.6 Å². The molecule has 1 N–H and O–H groups in total. The van der Waals surface area contributed by atoms with E-state index in [0.717, 1.165) is 5.57 Å². The van der Waals surface area contributed by atoms with Crippen LogP contribution in [0.25, 0.3) is 0 Å². The molecule has 0 radical (unpaired) electrons. The lowest BCUT2D eigenvalue weighted by Gasteiger charge is -2.60. The van der Waals surface area contributed by atoms with Crippen molar-refractivity contribution in [1.82, 2.24) is 0 Å². The van der Waals surface area contributed by atoms with E-state index in [1.807, 2.05) is 19.9 Å². The van der Waals surface area contributed by atoms with E-state index in [2.05, 4.69) is 0 Å². The molecule has 0 amide bonds. The van der Waals surface area contributed by atoms with Crippen LogP contribution in [0.3, 0.4) is 0 Å². The molecule has 7 atom stereocenters. The van der Waals surface area contributed by atoms with Crippen LogP contribution in [-0.2, 0) is 4.79 Å². The molecule has 8 heteroatoms. The van der Waals surface area contributed by atoms with E-state index in [9.17, 15) is 31.9 Å². The number of ketones is 1. The van der Waals surface area contributed by atoms with Gasteiger partial charge in [0.2, 0.25) is 0 Å². The maximum atomic E-state index is 14.5. The summed E-state index contributed by atoms with van der Waals surface area (Å²) in [6.45, 7) is 5.34. The largest absolute Gasteiger partial charge is 0.456 e. The van der Waals surface area contributed by atoms with Crippen molar-refractivity contribution < 1.29 is 31.9 Å². The standard InChI is InChI=1S/C22H26ClF5O2/c1-11-10-14-17(23)15(29)6-7-18(14,2)12-4-8-19(3)13(16(11)12)5-9-20(19,30)21(24,25)22(26,27)28/h6-7,11-13,16,30H,4-5,8-10H2,1-3H3/t11-,12?,13?,16?,18+,19-,20+/m0/s1. The van der Waals surface area contributed by atoms with Gasteiger partial charge in [-0.2, -0.15) is 22.0 Å². The van der Waals surface area contributed by atoms with Gasteiger partial charge in [0.1, 0.15) is 5.60 Å². The molecule has 0 aromatic carbocycles.